The maximum absolute atomic E-state index is 13.7. The Morgan fingerprint density at radius 3 is 2.71 bits per heavy atom. The lowest BCUT2D eigenvalue weighted by Crippen LogP contribution is -2.32. The van der Waals surface area contributed by atoms with Gasteiger partial charge in [0.05, 0.1) is 11.6 Å². The van der Waals surface area contributed by atoms with E-state index in [1.807, 2.05) is 31.2 Å². The molecule has 2 aromatic rings. The summed E-state index contributed by atoms with van der Waals surface area (Å²) in [6.45, 7) is 2.04. The van der Waals surface area contributed by atoms with E-state index in [0.29, 0.717) is 6.42 Å². The molecule has 1 heterocycles. The van der Waals surface area contributed by atoms with Crippen molar-refractivity contribution in [3.63, 3.8) is 0 Å². The third-order valence-corrected chi connectivity index (χ3v) is 3.78. The second kappa shape index (κ2) is 5.56. The molecule has 2 atom stereocenters. The van der Waals surface area contributed by atoms with Crippen LogP contribution < -0.4 is 10.6 Å². The normalized spacial score (nSPS) is 20.3. The summed E-state index contributed by atoms with van der Waals surface area (Å²) >= 11 is 0. The van der Waals surface area contributed by atoms with Crippen LogP contribution in [0.3, 0.4) is 0 Å². The Bertz CT molecular complexity index is 671. The van der Waals surface area contributed by atoms with Gasteiger partial charge in [0, 0.05) is 11.7 Å². The lowest BCUT2D eigenvalue weighted by Gasteiger charge is -2.30. The first-order valence-corrected chi connectivity index (χ1v) is 7.06. The fourth-order valence-electron chi connectivity index (χ4n) is 2.77. The number of fused-ring (bicyclic) bond motifs is 1. The first-order chi connectivity index (χ1) is 10.1. The molecule has 108 valence electrons. The van der Waals surface area contributed by atoms with Gasteiger partial charge in [-0.25, -0.2) is 4.39 Å². The van der Waals surface area contributed by atoms with Gasteiger partial charge in [-0.1, -0.05) is 30.3 Å². The highest BCUT2D eigenvalue weighted by atomic mass is 19.1. The number of nitrogens with one attached hydrogen (secondary N) is 2. The minimum Gasteiger partial charge on any atom is -0.382 e. The fraction of sp³-hybridized carbons (Fsp3) is 0.235. The highest BCUT2D eigenvalue weighted by Gasteiger charge is 2.29. The summed E-state index contributed by atoms with van der Waals surface area (Å²) in [7, 11) is 0. The molecular formula is C17H17FN2O. The lowest BCUT2D eigenvalue weighted by molar-refractivity contribution is -0.117. The zero-order chi connectivity index (χ0) is 14.8. The molecule has 0 aromatic heterocycles. The zero-order valence-electron chi connectivity index (χ0n) is 11.8. The smallest absolute Gasteiger partial charge is 0.232 e. The molecule has 0 spiro atoms. The molecule has 2 N–H and O–H groups in total. The third kappa shape index (κ3) is 2.75. The van der Waals surface area contributed by atoms with Crippen molar-refractivity contribution >= 4 is 17.3 Å². The Hall–Kier alpha value is -2.36. The molecule has 4 heteroatoms. The van der Waals surface area contributed by atoms with Crippen LogP contribution in [0.5, 0.6) is 0 Å². The van der Waals surface area contributed by atoms with Gasteiger partial charge in [0.15, 0.2) is 0 Å². The first-order valence-electron chi connectivity index (χ1n) is 7.06. The van der Waals surface area contributed by atoms with Crippen LogP contribution in [0.2, 0.25) is 0 Å². The maximum atomic E-state index is 13.7. The van der Waals surface area contributed by atoms with Crippen LogP contribution in [0, 0.1) is 5.82 Å². The van der Waals surface area contributed by atoms with Crippen molar-refractivity contribution in [2.75, 3.05) is 10.6 Å². The quantitative estimate of drug-likeness (QED) is 0.881. The third-order valence-electron chi connectivity index (χ3n) is 3.78. The van der Waals surface area contributed by atoms with E-state index in [1.54, 1.807) is 18.2 Å². The van der Waals surface area contributed by atoms with Crippen molar-refractivity contribution in [1.82, 2.24) is 0 Å². The number of rotatable bonds is 2. The molecular weight excluding hydrogens is 267 g/mol. The molecule has 0 saturated carbocycles. The molecule has 1 aliphatic heterocycles. The Morgan fingerprint density at radius 2 is 1.90 bits per heavy atom. The average molecular weight is 284 g/mol. The summed E-state index contributed by atoms with van der Waals surface area (Å²) in [5.74, 6) is -0.848. The second-order valence-corrected chi connectivity index (χ2v) is 5.39. The van der Waals surface area contributed by atoms with Crippen LogP contribution in [-0.2, 0) is 4.79 Å². The molecule has 1 aliphatic rings. The number of benzene rings is 2. The first kappa shape index (κ1) is 13.6. The van der Waals surface area contributed by atoms with E-state index < -0.39 is 5.82 Å². The van der Waals surface area contributed by atoms with Crippen LogP contribution in [0.25, 0.3) is 0 Å². The number of hydrogen-bond acceptors (Lipinski definition) is 2. The molecule has 1 amide bonds. The largest absolute Gasteiger partial charge is 0.382 e. The summed E-state index contributed by atoms with van der Waals surface area (Å²) in [5, 5.41) is 6.07. The molecule has 0 bridgehead atoms. The van der Waals surface area contributed by atoms with Gasteiger partial charge >= 0.3 is 0 Å². The van der Waals surface area contributed by atoms with E-state index in [9.17, 15) is 9.18 Å². The van der Waals surface area contributed by atoms with Gasteiger partial charge in [-0.05, 0) is 37.1 Å². The van der Waals surface area contributed by atoms with Crippen LogP contribution in [0.15, 0.2) is 48.5 Å². The van der Waals surface area contributed by atoms with Gasteiger partial charge in [-0.3, -0.25) is 4.79 Å². The highest BCUT2D eigenvalue weighted by Crippen LogP contribution is 2.34. The molecule has 0 fully saturated rings. The van der Waals surface area contributed by atoms with E-state index >= 15 is 0 Å². The second-order valence-electron chi connectivity index (χ2n) is 5.39. The van der Waals surface area contributed by atoms with Crippen LogP contribution >= 0.6 is 0 Å². The average Bonchev–Trinajstić information content (AvgIpc) is 2.48. The van der Waals surface area contributed by atoms with Gasteiger partial charge in [-0.2, -0.15) is 0 Å². The van der Waals surface area contributed by atoms with E-state index in [1.165, 1.54) is 6.07 Å². The summed E-state index contributed by atoms with van der Waals surface area (Å²) in [5.41, 5.74) is 2.17. The van der Waals surface area contributed by atoms with Crippen molar-refractivity contribution in [1.29, 1.82) is 0 Å². The van der Waals surface area contributed by atoms with Crippen molar-refractivity contribution in [3.05, 3.63) is 59.9 Å². The molecule has 2 aromatic carbocycles. The van der Waals surface area contributed by atoms with Crippen molar-refractivity contribution in [2.45, 2.75) is 25.3 Å². The van der Waals surface area contributed by atoms with Crippen LogP contribution in [0.1, 0.15) is 24.8 Å². The van der Waals surface area contributed by atoms with Gasteiger partial charge in [0.1, 0.15) is 5.82 Å². The van der Waals surface area contributed by atoms with Crippen molar-refractivity contribution in [2.24, 2.45) is 0 Å². The molecule has 3 rings (SSSR count). The topological polar surface area (TPSA) is 41.1 Å². The molecule has 0 aliphatic carbocycles. The Labute approximate surface area is 123 Å². The predicted molar refractivity (Wildman–Crippen MR) is 81.9 cm³/mol. The van der Waals surface area contributed by atoms with E-state index in [-0.39, 0.29) is 23.6 Å². The van der Waals surface area contributed by atoms with Crippen molar-refractivity contribution in [3.8, 4) is 0 Å². The molecule has 3 nitrogen and oxygen atoms in total. The molecule has 2 unspecified atom stereocenters. The standard InChI is InChI=1S/C17H17FN2O/c1-11-10-13(12-6-2-4-8-15(12)19-11)17(21)20-16-9-5-3-7-14(16)18/h2-9,11,13,19H,10H2,1H3,(H,20,21). The van der Waals surface area contributed by atoms with Gasteiger partial charge in [0.2, 0.25) is 5.91 Å². The summed E-state index contributed by atoms with van der Waals surface area (Å²) < 4.78 is 13.7. The van der Waals surface area contributed by atoms with Gasteiger partial charge in [0.25, 0.3) is 0 Å². The van der Waals surface area contributed by atoms with E-state index in [4.69, 9.17) is 0 Å². The lowest BCUT2D eigenvalue weighted by atomic mass is 9.87. The van der Waals surface area contributed by atoms with Crippen molar-refractivity contribution < 1.29 is 9.18 Å². The molecule has 0 saturated heterocycles. The summed E-state index contributed by atoms with van der Waals surface area (Å²) in [6.07, 6.45) is 0.692. The minimum atomic E-state index is -0.416. The summed E-state index contributed by atoms with van der Waals surface area (Å²) in [6, 6.07) is 14.2. The fourth-order valence-corrected chi connectivity index (χ4v) is 2.77. The molecule has 0 radical (unpaired) electrons. The predicted octanol–water partition coefficient (Wildman–Crippen LogP) is 3.75. The zero-order valence-corrected chi connectivity index (χ0v) is 11.8. The Balaban J connectivity index is 1.87. The number of amides is 1. The van der Waals surface area contributed by atoms with Gasteiger partial charge in [-0.15, -0.1) is 0 Å². The number of carbonyl (C=O) groups is 1. The Kier molecular flexibility index (Phi) is 3.60. The number of hydrogen-bond donors (Lipinski definition) is 2. The van der Waals surface area contributed by atoms with Crippen LogP contribution in [-0.4, -0.2) is 11.9 Å². The van der Waals surface area contributed by atoms with Crippen LogP contribution in [0.4, 0.5) is 15.8 Å². The minimum absolute atomic E-state index is 0.166. The maximum Gasteiger partial charge on any atom is 0.232 e. The Morgan fingerprint density at radius 1 is 1.19 bits per heavy atom. The van der Waals surface area contributed by atoms with E-state index in [0.717, 1.165) is 11.3 Å². The number of halogens is 1. The SMILES string of the molecule is CC1CC(C(=O)Nc2ccccc2F)c2ccccc2N1. The monoisotopic (exact) mass is 284 g/mol. The molecule has 21 heavy (non-hydrogen) atoms. The number of anilines is 2. The summed E-state index contributed by atoms with van der Waals surface area (Å²) in [4.78, 5) is 12.5. The highest BCUT2D eigenvalue weighted by molar-refractivity contribution is 5.97. The van der Waals surface area contributed by atoms with E-state index in [2.05, 4.69) is 10.6 Å². The van der Waals surface area contributed by atoms with Gasteiger partial charge < -0.3 is 10.6 Å². The number of para-hydroxylation sites is 2. The number of carbonyl (C=O) groups excluding carboxylic acids is 1.